The van der Waals surface area contributed by atoms with E-state index in [1.54, 1.807) is 30.3 Å². The molecule has 23 heavy (non-hydrogen) atoms. The van der Waals surface area contributed by atoms with Gasteiger partial charge in [0.2, 0.25) is 0 Å². The molecule has 0 aliphatic carbocycles. The maximum absolute atomic E-state index is 12.0. The molecule has 120 valence electrons. The van der Waals surface area contributed by atoms with Crippen molar-refractivity contribution in [1.82, 2.24) is 0 Å². The van der Waals surface area contributed by atoms with E-state index in [0.717, 1.165) is 5.56 Å². The predicted molar refractivity (Wildman–Crippen MR) is 87.7 cm³/mol. The van der Waals surface area contributed by atoms with Crippen LogP contribution >= 0.6 is 11.6 Å². The Hall–Kier alpha value is -2.40. The SMILES string of the molecule is Cc1cc2c(cc1NC(=O)COc1ccc(Cl)cc1)OCCO2. The molecule has 0 fully saturated rings. The van der Waals surface area contributed by atoms with Crippen molar-refractivity contribution in [3.8, 4) is 17.2 Å². The number of benzene rings is 2. The van der Waals surface area contributed by atoms with Crippen LogP contribution in [0, 0.1) is 6.92 Å². The molecule has 6 heteroatoms. The summed E-state index contributed by atoms with van der Waals surface area (Å²) < 4.78 is 16.4. The standard InChI is InChI=1S/C17H16ClNO4/c1-11-8-15-16(22-7-6-21-15)9-14(11)19-17(20)10-23-13-4-2-12(18)3-5-13/h2-5,8-9H,6-7,10H2,1H3,(H,19,20). The third kappa shape index (κ3) is 3.87. The van der Waals surface area contributed by atoms with Crippen LogP contribution in [0.2, 0.25) is 5.02 Å². The summed E-state index contributed by atoms with van der Waals surface area (Å²) in [6, 6.07) is 10.5. The number of amides is 1. The minimum Gasteiger partial charge on any atom is -0.486 e. The highest BCUT2D eigenvalue weighted by molar-refractivity contribution is 6.30. The van der Waals surface area contributed by atoms with E-state index < -0.39 is 0 Å². The third-order valence-corrected chi connectivity index (χ3v) is 3.60. The second-order valence-corrected chi connectivity index (χ2v) is 5.54. The number of carbonyl (C=O) groups is 1. The van der Waals surface area contributed by atoms with Gasteiger partial charge < -0.3 is 19.5 Å². The molecule has 1 aliphatic heterocycles. The van der Waals surface area contributed by atoms with E-state index in [1.165, 1.54) is 0 Å². The van der Waals surface area contributed by atoms with Crippen molar-refractivity contribution in [2.75, 3.05) is 25.1 Å². The van der Waals surface area contributed by atoms with Crippen molar-refractivity contribution in [2.24, 2.45) is 0 Å². The normalized spacial score (nSPS) is 12.6. The lowest BCUT2D eigenvalue weighted by Crippen LogP contribution is -2.21. The van der Waals surface area contributed by atoms with Gasteiger partial charge in [0.05, 0.1) is 0 Å². The molecule has 0 atom stereocenters. The third-order valence-electron chi connectivity index (χ3n) is 3.35. The van der Waals surface area contributed by atoms with Gasteiger partial charge >= 0.3 is 0 Å². The predicted octanol–water partition coefficient (Wildman–Crippen LogP) is 3.44. The van der Waals surface area contributed by atoms with Crippen molar-refractivity contribution in [3.05, 3.63) is 47.0 Å². The molecular weight excluding hydrogens is 318 g/mol. The average molecular weight is 334 g/mol. The summed E-state index contributed by atoms with van der Waals surface area (Å²) >= 11 is 5.80. The number of fused-ring (bicyclic) bond motifs is 1. The molecule has 0 saturated heterocycles. The smallest absolute Gasteiger partial charge is 0.262 e. The molecular formula is C17H16ClNO4. The highest BCUT2D eigenvalue weighted by Crippen LogP contribution is 2.35. The number of halogens is 1. The molecule has 1 N–H and O–H groups in total. The molecule has 5 nitrogen and oxygen atoms in total. The van der Waals surface area contributed by atoms with E-state index in [4.69, 9.17) is 25.8 Å². The Kier molecular flexibility index (Phi) is 4.57. The molecule has 0 saturated carbocycles. The number of carbonyl (C=O) groups excluding carboxylic acids is 1. The average Bonchev–Trinajstić information content (AvgIpc) is 2.55. The maximum atomic E-state index is 12.0. The number of nitrogens with one attached hydrogen (secondary N) is 1. The molecule has 2 aromatic rings. The van der Waals surface area contributed by atoms with E-state index in [0.29, 0.717) is 41.2 Å². The summed E-state index contributed by atoms with van der Waals surface area (Å²) in [6.45, 7) is 2.85. The summed E-state index contributed by atoms with van der Waals surface area (Å²) in [5, 5.41) is 3.44. The van der Waals surface area contributed by atoms with Gasteiger partial charge in [-0.3, -0.25) is 4.79 Å². The molecule has 0 unspecified atom stereocenters. The quantitative estimate of drug-likeness (QED) is 0.931. The minimum atomic E-state index is -0.250. The Morgan fingerprint density at radius 1 is 1.17 bits per heavy atom. The van der Waals surface area contributed by atoms with Crippen LogP contribution in [0.25, 0.3) is 0 Å². The second-order valence-electron chi connectivity index (χ2n) is 5.10. The van der Waals surface area contributed by atoms with Crippen LogP contribution < -0.4 is 19.5 Å². The van der Waals surface area contributed by atoms with Crippen LogP contribution in [0.3, 0.4) is 0 Å². The molecule has 0 bridgehead atoms. The van der Waals surface area contributed by atoms with Crippen LogP contribution in [-0.2, 0) is 4.79 Å². The molecule has 0 radical (unpaired) electrons. The van der Waals surface area contributed by atoms with Gasteiger partial charge in [-0.15, -0.1) is 0 Å². The summed E-state index contributed by atoms with van der Waals surface area (Å²) in [5.74, 6) is 1.67. The molecule has 3 rings (SSSR count). The monoisotopic (exact) mass is 333 g/mol. The zero-order valence-corrected chi connectivity index (χ0v) is 13.4. The molecule has 2 aromatic carbocycles. The first-order valence-electron chi connectivity index (χ1n) is 7.20. The van der Waals surface area contributed by atoms with Crippen LogP contribution in [0.5, 0.6) is 17.2 Å². The lowest BCUT2D eigenvalue weighted by atomic mass is 10.1. The fourth-order valence-corrected chi connectivity index (χ4v) is 2.32. The zero-order chi connectivity index (χ0) is 16.2. The van der Waals surface area contributed by atoms with Crippen LogP contribution in [0.15, 0.2) is 36.4 Å². The Labute approximate surface area is 139 Å². The second kappa shape index (κ2) is 6.79. The van der Waals surface area contributed by atoms with Gasteiger partial charge in [0.1, 0.15) is 19.0 Å². The first-order chi connectivity index (χ1) is 11.1. The number of ether oxygens (including phenoxy) is 3. The van der Waals surface area contributed by atoms with E-state index in [1.807, 2.05) is 13.0 Å². The van der Waals surface area contributed by atoms with Crippen LogP contribution in [0.4, 0.5) is 5.69 Å². The molecule has 1 heterocycles. The van der Waals surface area contributed by atoms with E-state index in [2.05, 4.69) is 5.32 Å². The molecule has 1 amide bonds. The van der Waals surface area contributed by atoms with Crippen molar-refractivity contribution in [3.63, 3.8) is 0 Å². The lowest BCUT2D eigenvalue weighted by Gasteiger charge is -2.20. The highest BCUT2D eigenvalue weighted by Gasteiger charge is 2.15. The Morgan fingerprint density at radius 3 is 2.52 bits per heavy atom. The number of rotatable bonds is 4. The summed E-state index contributed by atoms with van der Waals surface area (Å²) in [5.41, 5.74) is 1.58. The van der Waals surface area contributed by atoms with Gasteiger partial charge in [-0.2, -0.15) is 0 Å². The lowest BCUT2D eigenvalue weighted by molar-refractivity contribution is -0.118. The van der Waals surface area contributed by atoms with Crippen molar-refractivity contribution < 1.29 is 19.0 Å². The van der Waals surface area contributed by atoms with Crippen LogP contribution in [-0.4, -0.2) is 25.7 Å². The first-order valence-corrected chi connectivity index (χ1v) is 7.58. The first kappa shape index (κ1) is 15.5. The van der Waals surface area contributed by atoms with Gasteiger partial charge in [0, 0.05) is 16.8 Å². The highest BCUT2D eigenvalue weighted by atomic mass is 35.5. The minimum absolute atomic E-state index is 0.0878. The molecule has 0 spiro atoms. The van der Waals surface area contributed by atoms with Crippen molar-refractivity contribution in [1.29, 1.82) is 0 Å². The fraction of sp³-hybridized carbons (Fsp3) is 0.235. The Morgan fingerprint density at radius 2 is 1.83 bits per heavy atom. The van der Waals surface area contributed by atoms with E-state index in [-0.39, 0.29) is 12.5 Å². The summed E-state index contributed by atoms with van der Waals surface area (Å²) in [4.78, 5) is 12.0. The van der Waals surface area contributed by atoms with Gasteiger partial charge in [-0.05, 0) is 42.8 Å². The summed E-state index contributed by atoms with van der Waals surface area (Å²) in [7, 11) is 0. The number of hydrogen-bond donors (Lipinski definition) is 1. The Balaban J connectivity index is 1.62. The fourth-order valence-electron chi connectivity index (χ4n) is 2.19. The number of hydrogen-bond acceptors (Lipinski definition) is 4. The van der Waals surface area contributed by atoms with Gasteiger partial charge in [-0.1, -0.05) is 11.6 Å². The molecule has 1 aliphatic rings. The zero-order valence-electron chi connectivity index (χ0n) is 12.6. The Bertz CT molecular complexity index is 715. The van der Waals surface area contributed by atoms with Crippen molar-refractivity contribution >= 4 is 23.2 Å². The maximum Gasteiger partial charge on any atom is 0.262 e. The summed E-state index contributed by atoms with van der Waals surface area (Å²) in [6.07, 6.45) is 0. The number of anilines is 1. The van der Waals surface area contributed by atoms with Gasteiger partial charge in [0.25, 0.3) is 5.91 Å². The van der Waals surface area contributed by atoms with E-state index in [9.17, 15) is 4.79 Å². The number of aryl methyl sites for hydroxylation is 1. The van der Waals surface area contributed by atoms with Gasteiger partial charge in [-0.25, -0.2) is 0 Å². The van der Waals surface area contributed by atoms with Gasteiger partial charge in [0.15, 0.2) is 18.1 Å². The van der Waals surface area contributed by atoms with E-state index >= 15 is 0 Å². The topological polar surface area (TPSA) is 56.8 Å². The largest absolute Gasteiger partial charge is 0.486 e. The van der Waals surface area contributed by atoms with Crippen LogP contribution in [0.1, 0.15) is 5.56 Å². The molecule has 0 aromatic heterocycles. The van der Waals surface area contributed by atoms with Crippen molar-refractivity contribution in [2.45, 2.75) is 6.92 Å².